The smallest absolute Gasteiger partial charge is 0.240 e. The summed E-state index contributed by atoms with van der Waals surface area (Å²) in [6, 6.07) is 2.28. The van der Waals surface area contributed by atoms with Gasteiger partial charge in [0.2, 0.25) is 5.91 Å². The molecule has 20 heavy (non-hydrogen) atoms. The fourth-order valence-corrected chi connectivity index (χ4v) is 2.89. The molecule has 1 heterocycles. The number of nitriles is 1. The minimum absolute atomic E-state index is 0.120. The van der Waals surface area contributed by atoms with Gasteiger partial charge in [-0.2, -0.15) is 10.4 Å². The molecule has 1 aromatic rings. The van der Waals surface area contributed by atoms with Crippen LogP contribution in [0.2, 0.25) is 0 Å². The van der Waals surface area contributed by atoms with Gasteiger partial charge >= 0.3 is 0 Å². The molecule has 5 heteroatoms. The van der Waals surface area contributed by atoms with E-state index in [-0.39, 0.29) is 5.91 Å². The molecule has 1 saturated carbocycles. The van der Waals surface area contributed by atoms with Gasteiger partial charge < -0.3 is 5.32 Å². The van der Waals surface area contributed by atoms with Crippen LogP contribution in [-0.4, -0.2) is 15.7 Å². The van der Waals surface area contributed by atoms with Crippen molar-refractivity contribution < 1.29 is 4.79 Å². The number of hydrogen-bond donors (Lipinski definition) is 1. The first kappa shape index (κ1) is 14.6. The third-order valence-electron chi connectivity index (χ3n) is 4.16. The maximum Gasteiger partial charge on any atom is 0.240 e. The third kappa shape index (κ3) is 3.01. The van der Waals surface area contributed by atoms with Gasteiger partial charge in [0.1, 0.15) is 5.41 Å². The number of nitrogens with one attached hydrogen (secondary N) is 1. The van der Waals surface area contributed by atoms with Crippen molar-refractivity contribution in [2.75, 3.05) is 0 Å². The van der Waals surface area contributed by atoms with Gasteiger partial charge in [0.25, 0.3) is 0 Å². The summed E-state index contributed by atoms with van der Waals surface area (Å²) < 4.78 is 1.74. The number of amides is 1. The summed E-state index contributed by atoms with van der Waals surface area (Å²) in [5.41, 5.74) is 1.09. The van der Waals surface area contributed by atoms with E-state index < -0.39 is 5.41 Å². The van der Waals surface area contributed by atoms with E-state index in [2.05, 4.69) is 16.5 Å². The van der Waals surface area contributed by atoms with E-state index in [0.29, 0.717) is 19.4 Å². The standard InChI is InChI=1S/C15H22N4O/c1-12-13(10-19(2)18-12)9-17-14(20)15(11-16)7-5-3-4-6-8-15/h10H,3-9H2,1-2H3,(H,17,20). The van der Waals surface area contributed by atoms with Crippen molar-refractivity contribution in [3.63, 3.8) is 0 Å². The summed E-state index contributed by atoms with van der Waals surface area (Å²) in [4.78, 5) is 12.4. The molecular weight excluding hydrogens is 252 g/mol. The van der Waals surface area contributed by atoms with Crippen LogP contribution in [-0.2, 0) is 18.4 Å². The minimum Gasteiger partial charge on any atom is -0.351 e. The van der Waals surface area contributed by atoms with E-state index in [1.54, 1.807) is 4.68 Å². The van der Waals surface area contributed by atoms with Gasteiger partial charge in [0.05, 0.1) is 11.8 Å². The molecule has 0 spiro atoms. The van der Waals surface area contributed by atoms with Crippen LogP contribution in [0.4, 0.5) is 0 Å². The van der Waals surface area contributed by atoms with Crippen molar-refractivity contribution in [1.29, 1.82) is 5.26 Å². The van der Waals surface area contributed by atoms with Crippen LogP contribution in [0.5, 0.6) is 0 Å². The van der Waals surface area contributed by atoms with Crippen LogP contribution in [0.25, 0.3) is 0 Å². The number of aromatic nitrogens is 2. The molecule has 1 aromatic heterocycles. The van der Waals surface area contributed by atoms with Crippen LogP contribution in [0, 0.1) is 23.7 Å². The molecule has 0 bridgehead atoms. The molecular formula is C15H22N4O. The monoisotopic (exact) mass is 274 g/mol. The highest BCUT2D eigenvalue weighted by atomic mass is 16.2. The maximum absolute atomic E-state index is 12.4. The molecule has 0 unspecified atom stereocenters. The molecule has 0 saturated heterocycles. The molecule has 2 rings (SSSR count). The molecule has 0 aromatic carbocycles. The zero-order chi connectivity index (χ0) is 14.6. The molecule has 0 aliphatic heterocycles. The normalized spacial score (nSPS) is 18.1. The summed E-state index contributed by atoms with van der Waals surface area (Å²) in [6.45, 7) is 2.37. The Hall–Kier alpha value is -1.83. The second kappa shape index (κ2) is 6.08. The highest BCUT2D eigenvalue weighted by Gasteiger charge is 2.38. The molecule has 1 aliphatic carbocycles. The maximum atomic E-state index is 12.4. The Kier molecular flexibility index (Phi) is 4.43. The lowest BCUT2D eigenvalue weighted by Crippen LogP contribution is -2.39. The average molecular weight is 274 g/mol. The summed E-state index contributed by atoms with van der Waals surface area (Å²) in [5, 5.41) is 16.6. The molecule has 1 fully saturated rings. The fraction of sp³-hybridized carbons (Fsp3) is 0.667. The van der Waals surface area contributed by atoms with Crippen molar-refractivity contribution in [3.05, 3.63) is 17.5 Å². The lowest BCUT2D eigenvalue weighted by Gasteiger charge is -2.23. The minimum atomic E-state index is -0.827. The van der Waals surface area contributed by atoms with Gasteiger partial charge in [0.15, 0.2) is 0 Å². The van der Waals surface area contributed by atoms with Crippen molar-refractivity contribution >= 4 is 5.91 Å². The van der Waals surface area contributed by atoms with Gasteiger partial charge in [-0.3, -0.25) is 9.48 Å². The molecule has 5 nitrogen and oxygen atoms in total. The SMILES string of the molecule is Cc1nn(C)cc1CNC(=O)C1(C#N)CCCCCC1. The van der Waals surface area contributed by atoms with Crippen molar-refractivity contribution in [3.8, 4) is 6.07 Å². The Morgan fingerprint density at radius 1 is 1.45 bits per heavy atom. The summed E-state index contributed by atoms with van der Waals surface area (Å²) in [5.74, 6) is -0.120. The Morgan fingerprint density at radius 3 is 2.60 bits per heavy atom. The van der Waals surface area contributed by atoms with Crippen LogP contribution in [0.3, 0.4) is 0 Å². The van der Waals surface area contributed by atoms with Gasteiger partial charge in [-0.1, -0.05) is 25.7 Å². The number of carbonyl (C=O) groups excluding carboxylic acids is 1. The number of carbonyl (C=O) groups is 1. The predicted octanol–water partition coefficient (Wildman–Crippen LogP) is 2.21. The van der Waals surface area contributed by atoms with E-state index in [4.69, 9.17) is 0 Å². The summed E-state index contributed by atoms with van der Waals surface area (Å²) in [7, 11) is 1.86. The zero-order valence-electron chi connectivity index (χ0n) is 12.3. The predicted molar refractivity (Wildman–Crippen MR) is 75.5 cm³/mol. The third-order valence-corrected chi connectivity index (χ3v) is 4.16. The zero-order valence-corrected chi connectivity index (χ0v) is 12.3. The number of rotatable bonds is 3. The Morgan fingerprint density at radius 2 is 2.10 bits per heavy atom. The highest BCUT2D eigenvalue weighted by molar-refractivity contribution is 5.85. The average Bonchev–Trinajstić information content (AvgIpc) is 2.65. The quantitative estimate of drug-likeness (QED) is 0.859. The lowest BCUT2D eigenvalue weighted by atomic mass is 9.81. The van der Waals surface area contributed by atoms with Gasteiger partial charge in [-0.15, -0.1) is 0 Å². The number of nitrogens with zero attached hydrogens (tertiary/aromatic N) is 3. The highest BCUT2D eigenvalue weighted by Crippen LogP contribution is 2.34. The van der Waals surface area contributed by atoms with Gasteiger partial charge in [-0.05, 0) is 19.8 Å². The second-order valence-electron chi connectivity index (χ2n) is 5.70. The Labute approximate surface area is 120 Å². The molecule has 0 atom stereocenters. The second-order valence-corrected chi connectivity index (χ2v) is 5.70. The topological polar surface area (TPSA) is 70.7 Å². The van der Waals surface area contributed by atoms with E-state index in [9.17, 15) is 10.1 Å². The summed E-state index contributed by atoms with van der Waals surface area (Å²) >= 11 is 0. The van der Waals surface area contributed by atoms with Crippen LogP contribution in [0.1, 0.15) is 49.8 Å². The first-order valence-corrected chi connectivity index (χ1v) is 7.26. The van der Waals surface area contributed by atoms with E-state index >= 15 is 0 Å². The first-order chi connectivity index (χ1) is 9.57. The van der Waals surface area contributed by atoms with E-state index in [0.717, 1.165) is 36.9 Å². The van der Waals surface area contributed by atoms with Crippen LogP contribution in [0.15, 0.2) is 6.20 Å². The molecule has 1 amide bonds. The molecule has 1 aliphatic rings. The fourth-order valence-electron chi connectivity index (χ4n) is 2.89. The van der Waals surface area contributed by atoms with Gasteiger partial charge in [0, 0.05) is 25.4 Å². The summed E-state index contributed by atoms with van der Waals surface area (Å²) in [6.07, 6.45) is 7.45. The van der Waals surface area contributed by atoms with E-state index in [1.165, 1.54) is 0 Å². The molecule has 108 valence electrons. The van der Waals surface area contributed by atoms with E-state index in [1.807, 2.05) is 20.2 Å². The van der Waals surface area contributed by atoms with Crippen LogP contribution >= 0.6 is 0 Å². The Bertz CT molecular complexity index is 518. The molecule has 1 N–H and O–H groups in total. The largest absolute Gasteiger partial charge is 0.351 e. The van der Waals surface area contributed by atoms with Crippen molar-refractivity contribution in [2.45, 2.75) is 52.0 Å². The lowest BCUT2D eigenvalue weighted by molar-refractivity contribution is -0.129. The number of aryl methyl sites for hydroxylation is 2. The van der Waals surface area contributed by atoms with Crippen molar-refractivity contribution in [2.24, 2.45) is 12.5 Å². The van der Waals surface area contributed by atoms with Crippen molar-refractivity contribution in [1.82, 2.24) is 15.1 Å². The van der Waals surface area contributed by atoms with Gasteiger partial charge in [-0.25, -0.2) is 0 Å². The Balaban J connectivity index is 2.02. The van der Waals surface area contributed by atoms with Crippen LogP contribution < -0.4 is 5.32 Å². The molecule has 0 radical (unpaired) electrons. The first-order valence-electron chi connectivity index (χ1n) is 7.26. The number of hydrogen-bond acceptors (Lipinski definition) is 3.